The highest BCUT2D eigenvalue weighted by Crippen LogP contribution is 2.32. The summed E-state index contributed by atoms with van der Waals surface area (Å²) in [6.45, 7) is 0.307. The van der Waals surface area contributed by atoms with Crippen LogP contribution >= 0.6 is 15.9 Å². The van der Waals surface area contributed by atoms with Crippen LogP contribution in [-0.2, 0) is 14.8 Å². The number of halogens is 1. The van der Waals surface area contributed by atoms with E-state index in [0.29, 0.717) is 22.7 Å². The van der Waals surface area contributed by atoms with Gasteiger partial charge in [0.2, 0.25) is 21.8 Å². The molecule has 1 aromatic heterocycles. The van der Waals surface area contributed by atoms with Crippen LogP contribution in [0.5, 0.6) is 5.88 Å². The Kier molecular flexibility index (Phi) is 4.31. The largest absolute Gasteiger partial charge is 0.481 e. The third kappa shape index (κ3) is 3.47. The average Bonchev–Trinajstić information content (AvgIpc) is 2.67. The number of methoxy groups -OCH3 is 1. The minimum absolute atomic E-state index is 0.147. The van der Waals surface area contributed by atoms with E-state index in [2.05, 4.69) is 20.9 Å². The fourth-order valence-corrected chi connectivity index (χ4v) is 3.58. The van der Waals surface area contributed by atoms with E-state index in [9.17, 15) is 13.2 Å². The van der Waals surface area contributed by atoms with Gasteiger partial charge in [-0.05, 0) is 22.0 Å². The number of amides is 1. The average molecular weight is 364 g/mol. The molecule has 0 aromatic carbocycles. The highest BCUT2D eigenvalue weighted by molar-refractivity contribution is 9.10. The molecule has 2 heterocycles. The van der Waals surface area contributed by atoms with Gasteiger partial charge in [0.15, 0.2) is 0 Å². The van der Waals surface area contributed by atoms with Crippen LogP contribution in [0.15, 0.2) is 16.7 Å². The van der Waals surface area contributed by atoms with Crippen molar-refractivity contribution in [2.24, 2.45) is 11.1 Å². The summed E-state index contributed by atoms with van der Waals surface area (Å²) in [7, 11) is -2.09. The third-order valence-electron chi connectivity index (χ3n) is 2.98. The first-order valence-corrected chi connectivity index (χ1v) is 8.32. The molecule has 2 N–H and O–H groups in total. The van der Waals surface area contributed by atoms with Gasteiger partial charge in [0.05, 0.1) is 18.6 Å². The van der Waals surface area contributed by atoms with Gasteiger partial charge in [-0.15, -0.1) is 0 Å². The number of nitrogens with zero attached hydrogens (tertiary/aromatic N) is 2. The van der Waals surface area contributed by atoms with Crippen molar-refractivity contribution in [2.45, 2.75) is 6.42 Å². The van der Waals surface area contributed by atoms with E-state index in [1.807, 2.05) is 0 Å². The number of pyridine rings is 1. The number of sulfonamides is 1. The smallest absolute Gasteiger partial charge is 0.227 e. The Morgan fingerprint density at radius 3 is 2.80 bits per heavy atom. The van der Waals surface area contributed by atoms with Gasteiger partial charge < -0.3 is 9.64 Å². The SMILES string of the molecule is COc1ccc(N2CC(CS(N)(=O)=O)CC2=O)c(Br)n1. The summed E-state index contributed by atoms with van der Waals surface area (Å²) in [5, 5.41) is 5.02. The maximum Gasteiger partial charge on any atom is 0.227 e. The van der Waals surface area contributed by atoms with Crippen molar-refractivity contribution in [1.29, 1.82) is 0 Å². The molecule has 20 heavy (non-hydrogen) atoms. The molecule has 0 saturated carbocycles. The van der Waals surface area contributed by atoms with Crippen molar-refractivity contribution in [3.8, 4) is 5.88 Å². The van der Waals surface area contributed by atoms with Crippen molar-refractivity contribution in [3.05, 3.63) is 16.7 Å². The normalized spacial score (nSPS) is 19.4. The van der Waals surface area contributed by atoms with Gasteiger partial charge >= 0.3 is 0 Å². The van der Waals surface area contributed by atoms with Gasteiger partial charge in [0.1, 0.15) is 4.60 Å². The summed E-state index contributed by atoms with van der Waals surface area (Å²) in [5.74, 6) is -0.220. The molecule has 1 fully saturated rings. The van der Waals surface area contributed by atoms with Crippen LogP contribution in [-0.4, -0.2) is 38.7 Å². The second-order valence-corrected chi connectivity index (χ2v) is 6.98. The highest BCUT2D eigenvalue weighted by atomic mass is 79.9. The van der Waals surface area contributed by atoms with E-state index in [1.165, 1.54) is 12.0 Å². The van der Waals surface area contributed by atoms with Crippen LogP contribution in [0.3, 0.4) is 0 Å². The molecule has 110 valence electrons. The van der Waals surface area contributed by atoms with Crippen molar-refractivity contribution in [3.63, 3.8) is 0 Å². The quantitative estimate of drug-likeness (QED) is 0.784. The Hall–Kier alpha value is -1.19. The molecule has 2 rings (SSSR count). The number of ether oxygens (including phenoxy) is 1. The predicted octanol–water partition coefficient (Wildman–Crippen LogP) is 0.494. The zero-order valence-corrected chi connectivity index (χ0v) is 13.1. The molecule has 0 radical (unpaired) electrons. The molecule has 0 bridgehead atoms. The Morgan fingerprint density at radius 2 is 2.25 bits per heavy atom. The van der Waals surface area contributed by atoms with E-state index < -0.39 is 10.0 Å². The number of aromatic nitrogens is 1. The maximum atomic E-state index is 12.0. The van der Waals surface area contributed by atoms with Crippen LogP contribution in [0.2, 0.25) is 0 Å². The fourth-order valence-electron chi connectivity index (χ4n) is 2.18. The molecule has 1 aromatic rings. The number of carbonyl (C=O) groups is 1. The van der Waals surface area contributed by atoms with Crippen LogP contribution in [0, 0.1) is 5.92 Å². The molecule has 1 aliphatic heterocycles. The Bertz CT molecular complexity index is 635. The monoisotopic (exact) mass is 363 g/mol. The molecular formula is C11H14BrN3O4S. The number of hydrogen-bond donors (Lipinski definition) is 1. The van der Waals surface area contributed by atoms with Gasteiger partial charge in [0, 0.05) is 24.9 Å². The summed E-state index contributed by atoms with van der Waals surface area (Å²) in [5.41, 5.74) is 0.590. The van der Waals surface area contributed by atoms with Crippen LogP contribution < -0.4 is 14.8 Å². The molecule has 1 unspecified atom stereocenters. The van der Waals surface area contributed by atoms with Gasteiger partial charge in [-0.2, -0.15) is 0 Å². The number of primary sulfonamides is 1. The summed E-state index contributed by atoms with van der Waals surface area (Å²) in [4.78, 5) is 17.6. The molecule has 0 spiro atoms. The summed E-state index contributed by atoms with van der Waals surface area (Å²) < 4.78 is 27.7. The lowest BCUT2D eigenvalue weighted by Gasteiger charge is -2.18. The van der Waals surface area contributed by atoms with Crippen molar-refractivity contribution in [2.75, 3.05) is 24.3 Å². The molecule has 1 saturated heterocycles. The lowest BCUT2D eigenvalue weighted by atomic mass is 10.1. The molecule has 1 aliphatic rings. The number of anilines is 1. The Morgan fingerprint density at radius 1 is 1.55 bits per heavy atom. The number of rotatable bonds is 4. The number of hydrogen-bond acceptors (Lipinski definition) is 5. The predicted molar refractivity (Wildman–Crippen MR) is 76.9 cm³/mol. The Labute approximate surface area is 125 Å². The van der Waals surface area contributed by atoms with Crippen LogP contribution in [0.1, 0.15) is 6.42 Å². The third-order valence-corrected chi connectivity index (χ3v) is 4.50. The minimum Gasteiger partial charge on any atom is -0.481 e. The van der Waals surface area contributed by atoms with Crippen LogP contribution in [0.4, 0.5) is 5.69 Å². The lowest BCUT2D eigenvalue weighted by Crippen LogP contribution is -2.27. The zero-order chi connectivity index (χ0) is 14.9. The van der Waals surface area contributed by atoms with Crippen LogP contribution in [0.25, 0.3) is 0 Å². The van der Waals surface area contributed by atoms with E-state index in [4.69, 9.17) is 9.88 Å². The molecule has 7 nitrogen and oxygen atoms in total. The summed E-state index contributed by atoms with van der Waals surface area (Å²) in [6, 6.07) is 3.34. The first-order chi connectivity index (χ1) is 9.30. The lowest BCUT2D eigenvalue weighted by molar-refractivity contribution is -0.117. The number of carbonyl (C=O) groups excluding carboxylic acids is 1. The molecule has 0 aliphatic carbocycles. The van der Waals surface area contributed by atoms with E-state index in [1.54, 1.807) is 12.1 Å². The van der Waals surface area contributed by atoms with Gasteiger partial charge in [-0.25, -0.2) is 18.5 Å². The Balaban J connectivity index is 2.20. The molecule has 9 heteroatoms. The van der Waals surface area contributed by atoms with Crippen molar-refractivity contribution >= 4 is 37.5 Å². The maximum absolute atomic E-state index is 12.0. The second kappa shape index (κ2) is 5.66. The van der Waals surface area contributed by atoms with E-state index >= 15 is 0 Å². The van der Waals surface area contributed by atoms with E-state index in [0.717, 1.165) is 0 Å². The standard InChI is InChI=1S/C11H14BrN3O4S/c1-19-9-3-2-8(11(12)14-9)15-5-7(4-10(15)16)6-20(13,17)18/h2-3,7H,4-6H2,1H3,(H2,13,17,18). The van der Waals surface area contributed by atoms with Gasteiger partial charge in [-0.3, -0.25) is 4.79 Å². The zero-order valence-electron chi connectivity index (χ0n) is 10.7. The second-order valence-electron chi connectivity index (χ2n) is 4.57. The molecule has 1 atom stereocenters. The van der Waals surface area contributed by atoms with Gasteiger partial charge in [-0.1, -0.05) is 0 Å². The first-order valence-electron chi connectivity index (χ1n) is 5.81. The van der Waals surface area contributed by atoms with Crippen molar-refractivity contribution < 1.29 is 17.9 Å². The first kappa shape index (κ1) is 15.2. The van der Waals surface area contributed by atoms with E-state index in [-0.39, 0.29) is 24.0 Å². The molecule has 1 amide bonds. The fraction of sp³-hybridized carbons (Fsp3) is 0.455. The highest BCUT2D eigenvalue weighted by Gasteiger charge is 2.33. The topological polar surface area (TPSA) is 103 Å². The van der Waals surface area contributed by atoms with Gasteiger partial charge in [0.25, 0.3) is 0 Å². The summed E-state index contributed by atoms with van der Waals surface area (Å²) >= 11 is 3.28. The minimum atomic E-state index is -3.58. The van der Waals surface area contributed by atoms with Crippen molar-refractivity contribution in [1.82, 2.24) is 4.98 Å². The molecular weight excluding hydrogens is 350 g/mol. The number of nitrogens with two attached hydrogens (primary N) is 1. The summed E-state index contributed by atoms with van der Waals surface area (Å²) in [6.07, 6.45) is 0.162.